The Bertz CT molecular complexity index is 1560. The average molecular weight is 488 g/mol. The molecule has 1 aromatic carbocycles. The fourth-order valence-electron chi connectivity index (χ4n) is 3.62. The highest BCUT2D eigenvalue weighted by Crippen LogP contribution is 2.36. The maximum atomic E-state index is 14.2. The molecule has 0 unspecified atom stereocenters. The van der Waals surface area contributed by atoms with Crippen LogP contribution in [0.2, 0.25) is 5.02 Å². The lowest BCUT2D eigenvalue weighted by Crippen LogP contribution is -2.21. The van der Waals surface area contributed by atoms with Crippen LogP contribution in [0.4, 0.5) is 18.9 Å². The molecule has 34 heavy (non-hydrogen) atoms. The Morgan fingerprint density at radius 3 is 2.74 bits per heavy atom. The molecular weight excluding hydrogens is 475 g/mol. The number of alkyl halides is 3. The van der Waals surface area contributed by atoms with Crippen molar-refractivity contribution in [2.24, 2.45) is 0 Å². The summed E-state index contributed by atoms with van der Waals surface area (Å²) in [5, 5.41) is 15.2. The van der Waals surface area contributed by atoms with E-state index < -0.39 is 23.3 Å². The van der Waals surface area contributed by atoms with Crippen molar-refractivity contribution in [3.05, 3.63) is 71.5 Å². The molecule has 0 saturated carbocycles. The fraction of sp³-hybridized carbons (Fsp3) is 0.0952. The number of halogens is 4. The van der Waals surface area contributed by atoms with Gasteiger partial charge in [-0.2, -0.15) is 18.3 Å². The van der Waals surface area contributed by atoms with E-state index in [4.69, 9.17) is 16.3 Å². The van der Waals surface area contributed by atoms with Gasteiger partial charge in [0.25, 0.3) is 5.91 Å². The second-order valence-corrected chi connectivity index (χ2v) is 7.51. The van der Waals surface area contributed by atoms with E-state index in [9.17, 15) is 18.0 Å². The van der Waals surface area contributed by atoms with Crippen molar-refractivity contribution in [1.82, 2.24) is 29.4 Å². The van der Waals surface area contributed by atoms with Crippen LogP contribution in [-0.4, -0.2) is 42.4 Å². The van der Waals surface area contributed by atoms with Crippen LogP contribution in [0.15, 0.2) is 55.2 Å². The summed E-state index contributed by atoms with van der Waals surface area (Å²) in [7, 11) is 1.36. The largest absolute Gasteiger partial charge is 0.480 e. The topological polar surface area (TPSA) is 99.2 Å². The Morgan fingerprint density at radius 1 is 1.18 bits per heavy atom. The molecule has 9 nitrogen and oxygen atoms in total. The number of hydrogen-bond donors (Lipinski definition) is 1. The zero-order valence-corrected chi connectivity index (χ0v) is 18.0. The van der Waals surface area contributed by atoms with E-state index in [2.05, 4.69) is 25.6 Å². The number of nitrogens with zero attached hydrogens (tertiary/aromatic N) is 6. The van der Waals surface area contributed by atoms with Crippen LogP contribution < -0.4 is 10.1 Å². The van der Waals surface area contributed by atoms with Gasteiger partial charge in [0.1, 0.15) is 11.3 Å². The van der Waals surface area contributed by atoms with E-state index in [0.717, 1.165) is 6.20 Å². The zero-order chi connectivity index (χ0) is 24.0. The summed E-state index contributed by atoms with van der Waals surface area (Å²) < 4.78 is 49.8. The number of fused-ring (bicyclic) bond motifs is 3. The minimum Gasteiger partial charge on any atom is -0.480 e. The number of methoxy groups -OCH3 is 1. The fourth-order valence-corrected chi connectivity index (χ4v) is 3.86. The highest BCUT2D eigenvalue weighted by atomic mass is 35.5. The third kappa shape index (κ3) is 3.57. The third-order valence-electron chi connectivity index (χ3n) is 5.07. The lowest BCUT2D eigenvalue weighted by Gasteiger charge is -2.14. The van der Waals surface area contributed by atoms with Gasteiger partial charge in [0, 0.05) is 17.0 Å². The number of carbonyl (C=O) groups excluding carboxylic acids is 1. The number of rotatable bonds is 4. The van der Waals surface area contributed by atoms with Gasteiger partial charge in [-0.25, -0.2) is 9.67 Å². The standard InChI is InChI=1S/C21H13ClF3N7O2/c1-34-20-15(22)7-11(8-26-20)29-19(33)14-9-28-32(17(14)21(23,24)25)16-4-2-3-13-12(16)5-6-31-10-27-30-18(13)31/h2-10H,1H3,(H,29,33). The minimum atomic E-state index is -4.89. The summed E-state index contributed by atoms with van der Waals surface area (Å²) in [4.78, 5) is 16.7. The summed E-state index contributed by atoms with van der Waals surface area (Å²) in [6.07, 6.45) is 0.311. The van der Waals surface area contributed by atoms with Crippen LogP contribution in [-0.2, 0) is 6.18 Å². The molecule has 0 aliphatic carbocycles. The second kappa shape index (κ2) is 7.99. The molecule has 172 valence electrons. The molecule has 4 aromatic heterocycles. The van der Waals surface area contributed by atoms with Crippen LogP contribution in [0.5, 0.6) is 5.88 Å². The van der Waals surface area contributed by atoms with Crippen molar-refractivity contribution >= 4 is 39.6 Å². The zero-order valence-electron chi connectivity index (χ0n) is 17.2. The molecule has 5 rings (SSSR count). The van der Waals surface area contributed by atoms with Gasteiger partial charge < -0.3 is 10.1 Å². The van der Waals surface area contributed by atoms with Gasteiger partial charge in [-0.15, -0.1) is 10.2 Å². The van der Waals surface area contributed by atoms with Gasteiger partial charge in [-0.1, -0.05) is 23.7 Å². The van der Waals surface area contributed by atoms with Crippen molar-refractivity contribution in [3.8, 4) is 11.6 Å². The van der Waals surface area contributed by atoms with Gasteiger partial charge in [-0.3, -0.25) is 9.20 Å². The Labute approximate surface area is 193 Å². The SMILES string of the molecule is COc1ncc(NC(=O)c2cnn(-c3cccc4c3ccn3cnnc43)c2C(F)(F)F)cc1Cl. The molecule has 0 atom stereocenters. The second-order valence-electron chi connectivity index (χ2n) is 7.10. The van der Waals surface area contributed by atoms with Crippen molar-refractivity contribution in [2.75, 3.05) is 12.4 Å². The van der Waals surface area contributed by atoms with E-state index in [1.54, 1.807) is 28.8 Å². The normalized spacial score (nSPS) is 11.8. The highest BCUT2D eigenvalue weighted by Gasteiger charge is 2.41. The molecule has 0 aliphatic heterocycles. The Hall–Kier alpha value is -4.19. The monoisotopic (exact) mass is 487 g/mol. The molecule has 4 heterocycles. The molecule has 5 aromatic rings. The molecule has 0 aliphatic rings. The molecule has 0 bridgehead atoms. The molecule has 0 radical (unpaired) electrons. The molecule has 0 spiro atoms. The molecule has 0 saturated heterocycles. The van der Waals surface area contributed by atoms with Gasteiger partial charge in [0.15, 0.2) is 11.3 Å². The first kappa shape index (κ1) is 21.6. The summed E-state index contributed by atoms with van der Waals surface area (Å²) >= 11 is 5.99. The van der Waals surface area contributed by atoms with Gasteiger partial charge in [-0.05, 0) is 18.2 Å². The molecule has 13 heteroatoms. The number of benzene rings is 1. The number of amides is 1. The number of hydrogen-bond acceptors (Lipinski definition) is 6. The van der Waals surface area contributed by atoms with E-state index in [-0.39, 0.29) is 22.3 Å². The van der Waals surface area contributed by atoms with Crippen molar-refractivity contribution in [3.63, 3.8) is 0 Å². The average Bonchev–Trinajstić information content (AvgIpc) is 3.46. The van der Waals surface area contributed by atoms with E-state index >= 15 is 0 Å². The van der Waals surface area contributed by atoms with Crippen molar-refractivity contribution < 1.29 is 22.7 Å². The first-order chi connectivity index (χ1) is 16.3. The van der Waals surface area contributed by atoms with E-state index in [1.807, 2.05) is 0 Å². The Morgan fingerprint density at radius 2 is 2.00 bits per heavy atom. The maximum Gasteiger partial charge on any atom is 0.434 e. The van der Waals surface area contributed by atoms with Gasteiger partial charge in [0.05, 0.1) is 36.4 Å². The Kier molecular flexibility index (Phi) is 5.09. The molecular formula is C21H13ClF3N7O2. The van der Waals surface area contributed by atoms with Crippen molar-refractivity contribution in [1.29, 1.82) is 0 Å². The number of carbonyl (C=O) groups is 1. The lowest BCUT2D eigenvalue weighted by molar-refractivity contribution is -0.143. The first-order valence-electron chi connectivity index (χ1n) is 9.65. The number of nitrogens with one attached hydrogen (secondary N) is 1. The molecule has 1 amide bonds. The smallest absolute Gasteiger partial charge is 0.434 e. The summed E-state index contributed by atoms with van der Waals surface area (Å²) in [5.74, 6) is -0.914. The van der Waals surface area contributed by atoms with Crippen LogP contribution in [0.1, 0.15) is 16.1 Å². The first-order valence-corrected chi connectivity index (χ1v) is 10.0. The number of anilines is 1. The predicted molar refractivity (Wildman–Crippen MR) is 116 cm³/mol. The minimum absolute atomic E-state index is 0.0857. The summed E-state index contributed by atoms with van der Waals surface area (Å²) in [6.45, 7) is 0. The lowest BCUT2D eigenvalue weighted by atomic mass is 10.1. The van der Waals surface area contributed by atoms with E-state index in [0.29, 0.717) is 21.1 Å². The van der Waals surface area contributed by atoms with Crippen LogP contribution in [0.3, 0.4) is 0 Å². The number of ether oxygens (including phenoxy) is 1. The summed E-state index contributed by atoms with van der Waals surface area (Å²) in [5.41, 5.74) is -1.20. The Balaban J connectivity index is 1.61. The van der Waals surface area contributed by atoms with Crippen LogP contribution >= 0.6 is 11.6 Å². The third-order valence-corrected chi connectivity index (χ3v) is 5.34. The van der Waals surface area contributed by atoms with Crippen LogP contribution in [0, 0.1) is 0 Å². The quantitative estimate of drug-likeness (QED) is 0.403. The summed E-state index contributed by atoms with van der Waals surface area (Å²) in [6, 6.07) is 7.73. The molecule has 1 N–H and O–H groups in total. The number of aromatic nitrogens is 6. The maximum absolute atomic E-state index is 14.2. The number of pyridine rings is 2. The van der Waals surface area contributed by atoms with Gasteiger partial charge >= 0.3 is 6.18 Å². The predicted octanol–water partition coefficient (Wildman–Crippen LogP) is 4.40. The van der Waals surface area contributed by atoms with Crippen molar-refractivity contribution in [2.45, 2.75) is 6.18 Å². The molecule has 0 fully saturated rings. The van der Waals surface area contributed by atoms with Crippen LogP contribution in [0.25, 0.3) is 22.1 Å². The van der Waals surface area contributed by atoms with Gasteiger partial charge in [0.2, 0.25) is 5.88 Å². The highest BCUT2D eigenvalue weighted by molar-refractivity contribution is 6.32. The van der Waals surface area contributed by atoms with E-state index in [1.165, 1.54) is 31.8 Å².